The molecule has 0 amide bonds. The lowest BCUT2D eigenvalue weighted by Crippen LogP contribution is -2.01. The van der Waals surface area contributed by atoms with Crippen molar-refractivity contribution in [1.29, 1.82) is 0 Å². The normalized spacial score (nSPS) is 11.6. The fourth-order valence-electron chi connectivity index (χ4n) is 2.49. The van der Waals surface area contributed by atoms with Crippen molar-refractivity contribution in [3.63, 3.8) is 0 Å². The van der Waals surface area contributed by atoms with E-state index in [-0.39, 0.29) is 0 Å². The van der Waals surface area contributed by atoms with Crippen molar-refractivity contribution in [2.75, 3.05) is 0 Å². The molecule has 0 radical (unpaired) electrons. The molecule has 19 heavy (non-hydrogen) atoms. The van der Waals surface area contributed by atoms with Gasteiger partial charge in [0.15, 0.2) is 10.4 Å². The third kappa shape index (κ3) is 1.65. The van der Waals surface area contributed by atoms with Gasteiger partial charge in [-0.25, -0.2) is 4.68 Å². The Labute approximate surface area is 115 Å². The van der Waals surface area contributed by atoms with Gasteiger partial charge >= 0.3 is 0 Å². The summed E-state index contributed by atoms with van der Waals surface area (Å²) in [6, 6.07) is 0. The van der Waals surface area contributed by atoms with E-state index in [9.17, 15) is 0 Å². The maximum absolute atomic E-state index is 5.45. The van der Waals surface area contributed by atoms with Crippen molar-refractivity contribution in [3.05, 3.63) is 22.4 Å². The van der Waals surface area contributed by atoms with E-state index in [1.165, 1.54) is 0 Å². The number of hydrogen-bond donors (Lipinski definition) is 1. The van der Waals surface area contributed by atoms with Crippen molar-refractivity contribution in [1.82, 2.24) is 29.1 Å². The predicted molar refractivity (Wildman–Crippen MR) is 76.1 cm³/mol. The van der Waals surface area contributed by atoms with Crippen LogP contribution in [0.15, 0.2) is 6.20 Å². The zero-order valence-electron chi connectivity index (χ0n) is 11.4. The number of fused-ring (bicyclic) bond motifs is 1. The molecule has 0 aromatic carbocycles. The molecule has 3 aromatic heterocycles. The first kappa shape index (κ1) is 12.2. The van der Waals surface area contributed by atoms with E-state index in [1.807, 2.05) is 36.5 Å². The monoisotopic (exact) mass is 276 g/mol. The summed E-state index contributed by atoms with van der Waals surface area (Å²) in [6.45, 7) is 4.07. The third-order valence-corrected chi connectivity index (χ3v) is 3.58. The number of H-pyrrole nitrogens is 1. The summed E-state index contributed by atoms with van der Waals surface area (Å²) in [5.41, 5.74) is 4.96. The van der Waals surface area contributed by atoms with E-state index < -0.39 is 0 Å². The van der Waals surface area contributed by atoms with Crippen molar-refractivity contribution in [2.45, 2.75) is 20.3 Å². The van der Waals surface area contributed by atoms with Gasteiger partial charge in [0.1, 0.15) is 5.52 Å². The molecular formula is C12H16N6S. The number of nitrogens with zero attached hydrogens (tertiary/aromatic N) is 5. The van der Waals surface area contributed by atoms with E-state index in [1.54, 1.807) is 4.68 Å². The molecule has 0 atom stereocenters. The Morgan fingerprint density at radius 1 is 1.32 bits per heavy atom. The summed E-state index contributed by atoms with van der Waals surface area (Å²) in [6.07, 6.45) is 2.84. The average molecular weight is 276 g/mol. The minimum Gasteiger partial charge on any atom is -0.327 e. The predicted octanol–water partition coefficient (Wildman–Crippen LogP) is 2.03. The molecule has 0 aliphatic rings. The Morgan fingerprint density at radius 3 is 2.63 bits per heavy atom. The van der Waals surface area contributed by atoms with E-state index in [2.05, 4.69) is 22.1 Å². The van der Waals surface area contributed by atoms with E-state index >= 15 is 0 Å². The quantitative estimate of drug-likeness (QED) is 0.729. The van der Waals surface area contributed by atoms with Crippen LogP contribution in [0.4, 0.5) is 0 Å². The summed E-state index contributed by atoms with van der Waals surface area (Å²) < 4.78 is 6.34. The summed E-state index contributed by atoms with van der Waals surface area (Å²) in [5.74, 6) is 0. The van der Waals surface area contributed by atoms with Crippen LogP contribution in [-0.4, -0.2) is 29.1 Å². The molecule has 0 spiro atoms. The molecular weight excluding hydrogens is 260 g/mol. The molecule has 0 fully saturated rings. The minimum absolute atomic E-state index is 0.675. The van der Waals surface area contributed by atoms with Crippen molar-refractivity contribution < 1.29 is 0 Å². The Morgan fingerprint density at radius 2 is 2.05 bits per heavy atom. The van der Waals surface area contributed by atoms with Crippen LogP contribution >= 0.6 is 12.2 Å². The highest BCUT2D eigenvalue weighted by atomic mass is 32.1. The van der Waals surface area contributed by atoms with Gasteiger partial charge in [0.25, 0.3) is 0 Å². The minimum atomic E-state index is 0.675. The van der Waals surface area contributed by atoms with Gasteiger partial charge in [-0.3, -0.25) is 9.25 Å². The third-order valence-electron chi connectivity index (χ3n) is 3.30. The van der Waals surface area contributed by atoms with Crippen molar-refractivity contribution >= 4 is 23.4 Å². The van der Waals surface area contributed by atoms with Crippen LogP contribution < -0.4 is 0 Å². The first-order chi connectivity index (χ1) is 9.02. The van der Waals surface area contributed by atoms with Crippen LogP contribution in [0, 0.1) is 11.7 Å². The van der Waals surface area contributed by atoms with Crippen LogP contribution in [0.3, 0.4) is 0 Å². The van der Waals surface area contributed by atoms with Gasteiger partial charge in [0.2, 0.25) is 0 Å². The second-order valence-electron chi connectivity index (χ2n) is 4.66. The highest BCUT2D eigenvalue weighted by molar-refractivity contribution is 7.71. The number of aryl methyl sites for hydroxylation is 4. The molecule has 100 valence electrons. The molecule has 3 aromatic rings. The van der Waals surface area contributed by atoms with Gasteiger partial charge in [-0.05, 0) is 25.6 Å². The van der Waals surface area contributed by atoms with E-state index in [4.69, 9.17) is 12.2 Å². The summed E-state index contributed by atoms with van der Waals surface area (Å²) in [5, 5.41) is 8.90. The maximum atomic E-state index is 5.45. The molecule has 0 saturated carbocycles. The molecule has 0 aliphatic carbocycles. The van der Waals surface area contributed by atoms with Gasteiger partial charge in [0.05, 0.1) is 17.1 Å². The van der Waals surface area contributed by atoms with Crippen LogP contribution in [0.25, 0.3) is 16.9 Å². The van der Waals surface area contributed by atoms with Gasteiger partial charge in [-0.1, -0.05) is 6.92 Å². The Kier molecular flexibility index (Phi) is 2.60. The molecule has 3 heterocycles. The first-order valence-corrected chi connectivity index (χ1v) is 6.61. The van der Waals surface area contributed by atoms with E-state index in [0.29, 0.717) is 4.77 Å². The molecule has 7 heteroatoms. The molecule has 1 N–H and O–H groups in total. The second-order valence-corrected chi connectivity index (χ2v) is 5.05. The molecule has 0 saturated heterocycles. The largest absolute Gasteiger partial charge is 0.327 e. The topological polar surface area (TPSA) is 56.4 Å². The lowest BCUT2D eigenvalue weighted by molar-refractivity contribution is 0.747. The molecule has 0 unspecified atom stereocenters. The van der Waals surface area contributed by atoms with Crippen LogP contribution in [0.2, 0.25) is 0 Å². The number of rotatable bonds is 2. The van der Waals surface area contributed by atoms with Gasteiger partial charge in [-0.15, -0.1) is 0 Å². The molecule has 3 rings (SSSR count). The van der Waals surface area contributed by atoms with Crippen LogP contribution in [0.1, 0.15) is 18.3 Å². The molecule has 6 nitrogen and oxygen atoms in total. The van der Waals surface area contributed by atoms with Crippen LogP contribution in [0.5, 0.6) is 0 Å². The Hall–Kier alpha value is -1.89. The van der Waals surface area contributed by atoms with Crippen molar-refractivity contribution in [2.24, 2.45) is 14.1 Å². The highest BCUT2D eigenvalue weighted by Gasteiger charge is 2.17. The zero-order chi connectivity index (χ0) is 13.7. The van der Waals surface area contributed by atoms with Gasteiger partial charge in [0, 0.05) is 20.3 Å². The fourth-order valence-corrected chi connectivity index (χ4v) is 2.78. The average Bonchev–Trinajstić information content (AvgIpc) is 2.94. The van der Waals surface area contributed by atoms with Gasteiger partial charge in [-0.2, -0.15) is 10.2 Å². The SMILES string of the molecule is CCc1nn(C)c2c1[nH]c(=S)n2-c1cn(C)nc1C. The Balaban J connectivity index is 2.41. The van der Waals surface area contributed by atoms with Gasteiger partial charge < -0.3 is 4.98 Å². The Bertz CT molecular complexity index is 815. The number of aromatic nitrogens is 6. The summed E-state index contributed by atoms with van der Waals surface area (Å²) in [4.78, 5) is 3.26. The fraction of sp³-hybridized carbons (Fsp3) is 0.417. The number of imidazole rings is 1. The standard InChI is InChI=1S/C12H16N6S/c1-5-8-10-11(17(4)15-8)18(12(19)13-10)9-6-16(3)14-7(9)2/h6H,5H2,1-4H3,(H,13,19). The zero-order valence-corrected chi connectivity index (χ0v) is 12.2. The number of nitrogens with one attached hydrogen (secondary N) is 1. The smallest absolute Gasteiger partial charge is 0.184 e. The lowest BCUT2D eigenvalue weighted by atomic mass is 10.3. The lowest BCUT2D eigenvalue weighted by Gasteiger charge is -2.02. The molecule has 0 aliphatic heterocycles. The summed E-state index contributed by atoms with van der Waals surface area (Å²) in [7, 11) is 3.84. The number of aromatic amines is 1. The summed E-state index contributed by atoms with van der Waals surface area (Å²) >= 11 is 5.45. The van der Waals surface area contributed by atoms with Crippen LogP contribution in [-0.2, 0) is 20.5 Å². The maximum Gasteiger partial charge on any atom is 0.184 e. The molecule has 0 bridgehead atoms. The second kappa shape index (κ2) is 4.06. The number of hydrogen-bond acceptors (Lipinski definition) is 3. The van der Waals surface area contributed by atoms with Crippen molar-refractivity contribution in [3.8, 4) is 5.69 Å². The first-order valence-electron chi connectivity index (χ1n) is 6.20. The van der Waals surface area contributed by atoms with E-state index in [0.717, 1.165) is 34.7 Å². The highest BCUT2D eigenvalue weighted by Crippen LogP contribution is 2.23.